The molecular weight excluding hydrogens is 257 g/mol. The highest BCUT2D eigenvalue weighted by Gasteiger charge is 2.22. The molecule has 3 atom stereocenters. The number of methoxy groups -OCH3 is 1. The molecule has 0 aliphatic carbocycles. The van der Waals surface area contributed by atoms with Crippen molar-refractivity contribution in [2.24, 2.45) is 5.92 Å². The number of ether oxygens (including phenoxy) is 1. The minimum atomic E-state index is -0.304. The number of rotatable bonds is 8. The molecule has 5 heteroatoms. The second-order valence-electron chi connectivity index (χ2n) is 5.39. The number of hydrogen-bond donors (Lipinski definition) is 1. The third-order valence-corrected chi connectivity index (χ3v) is 3.69. The van der Waals surface area contributed by atoms with Crippen molar-refractivity contribution >= 4 is 0 Å². The lowest BCUT2D eigenvalue weighted by atomic mass is 9.97. The standard InChI is InChI=1S/C15H26FN3O/c1-11(9-19(4)12(2)10-20-5)15(17-3)14-7-6-13(16)8-18-14/h6-8,11-12,15,17H,9-10H2,1-5H3. The molecule has 20 heavy (non-hydrogen) atoms. The van der Waals surface area contributed by atoms with Crippen molar-refractivity contribution in [3.63, 3.8) is 0 Å². The smallest absolute Gasteiger partial charge is 0.141 e. The minimum absolute atomic E-state index is 0.104. The van der Waals surface area contributed by atoms with E-state index in [9.17, 15) is 4.39 Å². The molecule has 4 nitrogen and oxygen atoms in total. The van der Waals surface area contributed by atoms with Crippen molar-refractivity contribution in [1.82, 2.24) is 15.2 Å². The number of nitrogens with one attached hydrogen (secondary N) is 1. The number of pyridine rings is 1. The van der Waals surface area contributed by atoms with E-state index in [1.807, 2.05) is 7.05 Å². The van der Waals surface area contributed by atoms with E-state index in [0.717, 1.165) is 12.2 Å². The van der Waals surface area contributed by atoms with Gasteiger partial charge in [0.05, 0.1) is 24.5 Å². The molecule has 1 aromatic heterocycles. The Morgan fingerprint density at radius 3 is 2.60 bits per heavy atom. The molecule has 1 heterocycles. The first kappa shape index (κ1) is 17.0. The molecule has 0 aliphatic rings. The molecule has 114 valence electrons. The number of likely N-dealkylation sites (N-methyl/N-ethyl adjacent to an activating group) is 1. The van der Waals surface area contributed by atoms with Crippen molar-refractivity contribution in [2.45, 2.75) is 25.9 Å². The van der Waals surface area contributed by atoms with Gasteiger partial charge >= 0.3 is 0 Å². The van der Waals surface area contributed by atoms with E-state index in [0.29, 0.717) is 18.6 Å². The Morgan fingerprint density at radius 1 is 1.40 bits per heavy atom. The normalized spacial score (nSPS) is 16.1. The molecule has 0 aliphatic heterocycles. The third kappa shape index (κ3) is 4.81. The summed E-state index contributed by atoms with van der Waals surface area (Å²) < 4.78 is 18.1. The number of nitrogens with zero attached hydrogens (tertiary/aromatic N) is 2. The van der Waals surface area contributed by atoms with Gasteiger partial charge in [0.25, 0.3) is 0 Å². The number of halogens is 1. The van der Waals surface area contributed by atoms with Gasteiger partial charge in [-0.3, -0.25) is 4.98 Å². The SMILES string of the molecule is CNC(c1ccc(F)cn1)C(C)CN(C)C(C)COC. The van der Waals surface area contributed by atoms with Gasteiger partial charge in [-0.05, 0) is 39.1 Å². The molecule has 0 spiro atoms. The van der Waals surface area contributed by atoms with Crippen LogP contribution in [-0.2, 0) is 4.74 Å². The van der Waals surface area contributed by atoms with Crippen LogP contribution in [0.1, 0.15) is 25.6 Å². The Bertz CT molecular complexity index is 385. The van der Waals surface area contributed by atoms with Gasteiger partial charge in [-0.25, -0.2) is 4.39 Å². The van der Waals surface area contributed by atoms with Gasteiger partial charge in [-0.2, -0.15) is 0 Å². The minimum Gasteiger partial charge on any atom is -0.383 e. The topological polar surface area (TPSA) is 37.4 Å². The van der Waals surface area contributed by atoms with Crippen LogP contribution in [0.2, 0.25) is 0 Å². The molecule has 0 amide bonds. The van der Waals surface area contributed by atoms with Crippen LogP contribution in [0.5, 0.6) is 0 Å². The molecule has 0 radical (unpaired) electrons. The van der Waals surface area contributed by atoms with E-state index in [2.05, 4.69) is 36.1 Å². The number of hydrogen-bond acceptors (Lipinski definition) is 4. The van der Waals surface area contributed by atoms with Crippen molar-refractivity contribution in [3.05, 3.63) is 29.8 Å². The first-order chi connectivity index (χ1) is 9.49. The summed E-state index contributed by atoms with van der Waals surface area (Å²) >= 11 is 0. The highest BCUT2D eigenvalue weighted by molar-refractivity contribution is 5.10. The number of aromatic nitrogens is 1. The summed E-state index contributed by atoms with van der Waals surface area (Å²) in [6, 6.07) is 3.66. The van der Waals surface area contributed by atoms with Crippen LogP contribution >= 0.6 is 0 Å². The van der Waals surface area contributed by atoms with Gasteiger partial charge < -0.3 is 15.0 Å². The largest absolute Gasteiger partial charge is 0.383 e. The molecule has 0 fully saturated rings. The third-order valence-electron chi connectivity index (χ3n) is 3.69. The quantitative estimate of drug-likeness (QED) is 0.792. The molecule has 0 saturated carbocycles. The second-order valence-corrected chi connectivity index (χ2v) is 5.39. The fourth-order valence-electron chi connectivity index (χ4n) is 2.40. The zero-order chi connectivity index (χ0) is 15.1. The maximum atomic E-state index is 13.0. The van der Waals surface area contributed by atoms with Crippen LogP contribution < -0.4 is 5.32 Å². The van der Waals surface area contributed by atoms with Gasteiger partial charge in [-0.15, -0.1) is 0 Å². The van der Waals surface area contributed by atoms with Crippen molar-refractivity contribution in [1.29, 1.82) is 0 Å². The summed E-state index contributed by atoms with van der Waals surface area (Å²) in [6.45, 7) is 5.93. The molecule has 1 rings (SSSR count). The van der Waals surface area contributed by atoms with Gasteiger partial charge in [0.1, 0.15) is 5.82 Å². The molecule has 0 bridgehead atoms. The summed E-state index contributed by atoms with van der Waals surface area (Å²) in [7, 11) is 5.71. The molecular formula is C15H26FN3O. The van der Waals surface area contributed by atoms with Crippen LogP contribution in [0.4, 0.5) is 4.39 Å². The van der Waals surface area contributed by atoms with E-state index in [1.165, 1.54) is 12.3 Å². The highest BCUT2D eigenvalue weighted by atomic mass is 19.1. The van der Waals surface area contributed by atoms with Crippen molar-refractivity contribution < 1.29 is 9.13 Å². The predicted octanol–water partition coefficient (Wildman–Crippen LogP) is 2.08. The van der Waals surface area contributed by atoms with E-state index in [1.54, 1.807) is 13.2 Å². The summed E-state index contributed by atoms with van der Waals surface area (Å²) in [5.41, 5.74) is 0.870. The average molecular weight is 283 g/mol. The first-order valence-electron chi connectivity index (χ1n) is 6.97. The zero-order valence-corrected chi connectivity index (χ0v) is 13.1. The van der Waals surface area contributed by atoms with Crippen LogP contribution in [0, 0.1) is 11.7 Å². The van der Waals surface area contributed by atoms with Gasteiger partial charge in [0, 0.05) is 19.7 Å². The van der Waals surface area contributed by atoms with Crippen LogP contribution in [0.25, 0.3) is 0 Å². The fraction of sp³-hybridized carbons (Fsp3) is 0.667. The highest BCUT2D eigenvalue weighted by Crippen LogP contribution is 2.21. The summed E-state index contributed by atoms with van der Waals surface area (Å²) in [6.07, 6.45) is 1.27. The molecule has 0 aromatic carbocycles. The van der Waals surface area contributed by atoms with Crippen LogP contribution in [0.15, 0.2) is 18.3 Å². The Kier molecular flexibility index (Phi) is 7.05. The van der Waals surface area contributed by atoms with Gasteiger partial charge in [0.2, 0.25) is 0 Å². The summed E-state index contributed by atoms with van der Waals surface area (Å²) in [4.78, 5) is 6.44. The molecule has 0 saturated heterocycles. The molecule has 1 aromatic rings. The summed E-state index contributed by atoms with van der Waals surface area (Å²) in [5, 5.41) is 3.27. The zero-order valence-electron chi connectivity index (χ0n) is 13.1. The van der Waals surface area contributed by atoms with Gasteiger partial charge in [-0.1, -0.05) is 6.92 Å². The second kappa shape index (κ2) is 8.29. The average Bonchev–Trinajstić information content (AvgIpc) is 2.42. The van der Waals surface area contributed by atoms with Crippen LogP contribution in [0.3, 0.4) is 0 Å². The maximum Gasteiger partial charge on any atom is 0.141 e. The maximum absolute atomic E-state index is 13.0. The lowest BCUT2D eigenvalue weighted by Crippen LogP contribution is -2.39. The molecule has 3 unspecified atom stereocenters. The van der Waals surface area contributed by atoms with Crippen molar-refractivity contribution in [2.75, 3.05) is 34.4 Å². The Balaban J connectivity index is 2.67. The Labute approximate surface area is 121 Å². The van der Waals surface area contributed by atoms with E-state index in [4.69, 9.17) is 4.74 Å². The summed E-state index contributed by atoms with van der Waals surface area (Å²) in [5.74, 6) is 0.0457. The first-order valence-corrected chi connectivity index (χ1v) is 6.97. The Hall–Kier alpha value is -1.04. The van der Waals surface area contributed by atoms with Crippen LogP contribution in [-0.4, -0.2) is 50.3 Å². The van der Waals surface area contributed by atoms with Crippen molar-refractivity contribution in [3.8, 4) is 0 Å². The fourth-order valence-corrected chi connectivity index (χ4v) is 2.40. The van der Waals surface area contributed by atoms with Gasteiger partial charge in [0.15, 0.2) is 0 Å². The van der Waals surface area contributed by atoms with E-state index < -0.39 is 0 Å². The van der Waals surface area contributed by atoms with E-state index in [-0.39, 0.29) is 11.9 Å². The Morgan fingerprint density at radius 2 is 2.10 bits per heavy atom. The molecule has 1 N–H and O–H groups in total. The lowest BCUT2D eigenvalue weighted by Gasteiger charge is -2.31. The predicted molar refractivity (Wildman–Crippen MR) is 79.1 cm³/mol. The van der Waals surface area contributed by atoms with E-state index >= 15 is 0 Å². The lowest BCUT2D eigenvalue weighted by molar-refractivity contribution is 0.102. The monoisotopic (exact) mass is 283 g/mol.